The summed E-state index contributed by atoms with van der Waals surface area (Å²) in [7, 11) is 1.70. The molecule has 2 rings (SSSR count). The van der Waals surface area contributed by atoms with E-state index in [2.05, 4.69) is 10.6 Å². The van der Waals surface area contributed by atoms with Crippen LogP contribution in [-0.4, -0.2) is 26.2 Å². The van der Waals surface area contributed by atoms with Gasteiger partial charge in [0, 0.05) is 6.54 Å². The Morgan fingerprint density at radius 1 is 1.25 bits per heavy atom. The predicted molar refractivity (Wildman–Crippen MR) is 70.7 cm³/mol. The van der Waals surface area contributed by atoms with Crippen molar-refractivity contribution in [1.29, 1.82) is 0 Å². The normalized spacial score (nSPS) is 17.2. The molecule has 1 aromatic carbocycles. The van der Waals surface area contributed by atoms with Gasteiger partial charge in [0.2, 0.25) is 0 Å². The maximum Gasteiger partial charge on any atom is 0.416 e. The molecule has 1 saturated heterocycles. The van der Waals surface area contributed by atoms with E-state index >= 15 is 0 Å². The number of ether oxygens (including phenoxy) is 1. The molecule has 0 unspecified atom stereocenters. The molecule has 0 saturated carbocycles. The maximum atomic E-state index is 12.9. The maximum absolute atomic E-state index is 12.9. The minimum absolute atomic E-state index is 0.0119. The third-order valence-electron chi connectivity index (χ3n) is 3.26. The van der Waals surface area contributed by atoms with Crippen molar-refractivity contribution in [2.75, 3.05) is 20.1 Å². The van der Waals surface area contributed by atoms with E-state index in [4.69, 9.17) is 4.74 Å². The molecule has 2 N–H and O–H groups in total. The summed E-state index contributed by atoms with van der Waals surface area (Å²) in [6.45, 7) is 2.06. The Morgan fingerprint density at radius 2 is 1.95 bits per heavy atom. The highest BCUT2D eigenvalue weighted by Gasteiger charge is 2.31. The number of alkyl halides is 3. The molecule has 20 heavy (non-hydrogen) atoms. The van der Waals surface area contributed by atoms with Crippen molar-refractivity contribution in [3.05, 3.63) is 29.3 Å². The van der Waals surface area contributed by atoms with E-state index in [1.54, 1.807) is 13.1 Å². The molecule has 0 bridgehead atoms. The number of hydrogen-bond donors (Lipinski definition) is 2. The first-order valence-corrected chi connectivity index (χ1v) is 6.72. The van der Waals surface area contributed by atoms with Crippen LogP contribution in [0.4, 0.5) is 13.2 Å². The van der Waals surface area contributed by atoms with Crippen molar-refractivity contribution >= 4 is 0 Å². The first kappa shape index (κ1) is 15.1. The summed E-state index contributed by atoms with van der Waals surface area (Å²) in [5.74, 6) is 0.303. The van der Waals surface area contributed by atoms with Gasteiger partial charge in [0.25, 0.3) is 0 Å². The largest absolute Gasteiger partial charge is 0.490 e. The Balaban J connectivity index is 2.19. The Kier molecular flexibility index (Phi) is 4.88. The summed E-state index contributed by atoms with van der Waals surface area (Å²) < 4.78 is 44.4. The molecule has 0 atom stereocenters. The van der Waals surface area contributed by atoms with Crippen molar-refractivity contribution in [2.45, 2.75) is 31.7 Å². The van der Waals surface area contributed by atoms with E-state index in [9.17, 15) is 13.2 Å². The second-order valence-electron chi connectivity index (χ2n) is 4.96. The smallest absolute Gasteiger partial charge is 0.416 e. The lowest BCUT2D eigenvalue weighted by molar-refractivity contribution is -0.137. The van der Waals surface area contributed by atoms with Gasteiger partial charge in [-0.25, -0.2) is 0 Å². The summed E-state index contributed by atoms with van der Waals surface area (Å²) in [6.07, 6.45) is -2.73. The summed E-state index contributed by atoms with van der Waals surface area (Å²) in [6, 6.07) is 3.92. The third-order valence-corrected chi connectivity index (χ3v) is 3.26. The Bertz CT molecular complexity index is 443. The molecule has 0 aliphatic carbocycles. The predicted octanol–water partition coefficient (Wildman–Crippen LogP) is 2.56. The molecule has 112 valence electrons. The van der Waals surface area contributed by atoms with Crippen LogP contribution in [0.3, 0.4) is 0 Å². The molecule has 1 aliphatic rings. The standard InChI is InChI=1S/C14H19F3N2O/c1-18-9-10-6-11(14(15,16)17)8-13(7-10)20-12-2-4-19-5-3-12/h6-8,12,18-19H,2-5,9H2,1H3. The van der Waals surface area contributed by atoms with Crippen LogP contribution in [0, 0.1) is 0 Å². The zero-order chi connectivity index (χ0) is 14.6. The van der Waals surface area contributed by atoms with Crippen LogP contribution in [0.5, 0.6) is 5.75 Å². The van der Waals surface area contributed by atoms with Gasteiger partial charge >= 0.3 is 6.18 Å². The van der Waals surface area contributed by atoms with Gasteiger partial charge in [-0.05, 0) is 56.7 Å². The molecule has 1 fully saturated rings. The molecular formula is C14H19F3N2O. The minimum atomic E-state index is -4.35. The molecule has 0 spiro atoms. The molecule has 0 amide bonds. The first-order chi connectivity index (χ1) is 9.49. The van der Waals surface area contributed by atoms with Crippen LogP contribution >= 0.6 is 0 Å². The number of piperidine rings is 1. The van der Waals surface area contributed by atoms with Gasteiger partial charge in [-0.2, -0.15) is 13.2 Å². The molecule has 1 aromatic rings. The molecule has 0 radical (unpaired) electrons. The fourth-order valence-corrected chi connectivity index (χ4v) is 2.30. The monoisotopic (exact) mass is 288 g/mol. The average molecular weight is 288 g/mol. The van der Waals surface area contributed by atoms with Crippen LogP contribution in [0.2, 0.25) is 0 Å². The van der Waals surface area contributed by atoms with Crippen molar-refractivity contribution in [3.63, 3.8) is 0 Å². The van der Waals surface area contributed by atoms with Crippen molar-refractivity contribution in [1.82, 2.24) is 10.6 Å². The molecule has 1 aliphatic heterocycles. The zero-order valence-corrected chi connectivity index (χ0v) is 11.4. The van der Waals surface area contributed by atoms with E-state index in [-0.39, 0.29) is 6.10 Å². The summed E-state index contributed by atoms with van der Waals surface area (Å²) in [5, 5.41) is 6.06. The van der Waals surface area contributed by atoms with Gasteiger partial charge in [-0.1, -0.05) is 0 Å². The lowest BCUT2D eigenvalue weighted by atomic mass is 10.1. The highest BCUT2D eigenvalue weighted by atomic mass is 19.4. The first-order valence-electron chi connectivity index (χ1n) is 6.72. The molecular weight excluding hydrogens is 269 g/mol. The second kappa shape index (κ2) is 6.45. The molecule has 0 aromatic heterocycles. The van der Waals surface area contributed by atoms with Gasteiger partial charge in [0.05, 0.1) is 5.56 Å². The zero-order valence-electron chi connectivity index (χ0n) is 11.4. The summed E-state index contributed by atoms with van der Waals surface area (Å²) in [5.41, 5.74) is -0.0829. The number of benzene rings is 1. The van der Waals surface area contributed by atoms with E-state index in [1.165, 1.54) is 0 Å². The number of nitrogens with one attached hydrogen (secondary N) is 2. The van der Waals surface area contributed by atoms with Crippen LogP contribution in [0.1, 0.15) is 24.0 Å². The molecule has 6 heteroatoms. The van der Waals surface area contributed by atoms with Gasteiger partial charge in [-0.3, -0.25) is 0 Å². The van der Waals surface area contributed by atoms with Gasteiger partial charge < -0.3 is 15.4 Å². The Labute approximate surface area is 116 Å². The fraction of sp³-hybridized carbons (Fsp3) is 0.571. The number of rotatable bonds is 4. The van der Waals surface area contributed by atoms with Crippen LogP contribution in [0.25, 0.3) is 0 Å². The summed E-state index contributed by atoms with van der Waals surface area (Å²) in [4.78, 5) is 0. The topological polar surface area (TPSA) is 33.3 Å². The van der Waals surface area contributed by atoms with Crippen molar-refractivity contribution in [3.8, 4) is 5.75 Å². The SMILES string of the molecule is CNCc1cc(OC2CCNCC2)cc(C(F)(F)F)c1. The number of hydrogen-bond acceptors (Lipinski definition) is 3. The van der Waals surface area contributed by atoms with E-state index in [0.29, 0.717) is 17.9 Å². The fourth-order valence-electron chi connectivity index (χ4n) is 2.30. The van der Waals surface area contributed by atoms with Crippen molar-refractivity contribution in [2.24, 2.45) is 0 Å². The highest BCUT2D eigenvalue weighted by Crippen LogP contribution is 2.33. The van der Waals surface area contributed by atoms with Gasteiger partial charge in [-0.15, -0.1) is 0 Å². The third kappa shape index (κ3) is 4.11. The Hall–Kier alpha value is -1.27. The van der Waals surface area contributed by atoms with Crippen LogP contribution < -0.4 is 15.4 Å². The quantitative estimate of drug-likeness (QED) is 0.893. The molecule has 3 nitrogen and oxygen atoms in total. The van der Waals surface area contributed by atoms with Crippen molar-refractivity contribution < 1.29 is 17.9 Å². The lowest BCUT2D eigenvalue weighted by Crippen LogP contribution is -2.34. The van der Waals surface area contributed by atoms with E-state index < -0.39 is 11.7 Å². The van der Waals surface area contributed by atoms with Crippen LogP contribution in [-0.2, 0) is 12.7 Å². The Morgan fingerprint density at radius 3 is 2.55 bits per heavy atom. The van der Waals surface area contributed by atoms with Crippen LogP contribution in [0.15, 0.2) is 18.2 Å². The lowest BCUT2D eigenvalue weighted by Gasteiger charge is -2.24. The highest BCUT2D eigenvalue weighted by molar-refractivity contribution is 5.36. The minimum Gasteiger partial charge on any atom is -0.490 e. The van der Waals surface area contributed by atoms with Gasteiger partial charge in [0.15, 0.2) is 0 Å². The molecule has 1 heterocycles. The van der Waals surface area contributed by atoms with E-state index in [0.717, 1.165) is 38.1 Å². The average Bonchev–Trinajstić information content (AvgIpc) is 2.39. The summed E-state index contributed by atoms with van der Waals surface area (Å²) >= 11 is 0. The van der Waals surface area contributed by atoms with E-state index in [1.807, 2.05) is 0 Å². The second-order valence-corrected chi connectivity index (χ2v) is 4.96. The number of halogens is 3. The van der Waals surface area contributed by atoms with Gasteiger partial charge in [0.1, 0.15) is 11.9 Å².